The topological polar surface area (TPSA) is 89.5 Å². The second-order valence-corrected chi connectivity index (χ2v) is 8.66. The van der Waals surface area contributed by atoms with Crippen LogP contribution in [0, 0.1) is 5.92 Å². The zero-order valence-electron chi connectivity index (χ0n) is 14.7. The number of rotatable bonds is 6. The maximum Gasteiger partial charge on any atom is 0.339 e. The predicted octanol–water partition coefficient (Wildman–Crippen LogP) is 2.33. The van der Waals surface area contributed by atoms with Gasteiger partial charge in [-0.25, -0.2) is 13.2 Å². The van der Waals surface area contributed by atoms with Crippen LogP contribution < -0.4 is 5.32 Å². The molecule has 6 nitrogen and oxygen atoms in total. The lowest BCUT2D eigenvalue weighted by Gasteiger charge is -2.29. The molecule has 1 aliphatic rings. The van der Waals surface area contributed by atoms with E-state index in [0.717, 1.165) is 19.3 Å². The SMILES string of the molecule is CCS(=O)(=O)c1ccccc1C(=O)OCC(=O)N[C@@H]1CCCC[C@H]1C. The second kappa shape index (κ2) is 8.47. The van der Waals surface area contributed by atoms with Crippen molar-refractivity contribution in [2.75, 3.05) is 12.4 Å². The van der Waals surface area contributed by atoms with Gasteiger partial charge in [0.15, 0.2) is 16.4 Å². The van der Waals surface area contributed by atoms with Crippen molar-refractivity contribution in [1.82, 2.24) is 5.32 Å². The second-order valence-electron chi connectivity index (χ2n) is 6.41. The minimum Gasteiger partial charge on any atom is -0.452 e. The average Bonchev–Trinajstić information content (AvgIpc) is 2.61. The van der Waals surface area contributed by atoms with E-state index < -0.39 is 22.4 Å². The summed E-state index contributed by atoms with van der Waals surface area (Å²) >= 11 is 0. The summed E-state index contributed by atoms with van der Waals surface area (Å²) in [5, 5.41) is 2.90. The van der Waals surface area contributed by atoms with Gasteiger partial charge in [0.25, 0.3) is 5.91 Å². The van der Waals surface area contributed by atoms with Crippen molar-refractivity contribution in [3.8, 4) is 0 Å². The van der Waals surface area contributed by atoms with Crippen molar-refractivity contribution in [1.29, 1.82) is 0 Å². The van der Waals surface area contributed by atoms with Gasteiger partial charge in [0.05, 0.1) is 16.2 Å². The number of carbonyl (C=O) groups is 2. The molecule has 0 saturated heterocycles. The van der Waals surface area contributed by atoms with Gasteiger partial charge in [-0.2, -0.15) is 0 Å². The van der Waals surface area contributed by atoms with Gasteiger partial charge in [0.1, 0.15) is 0 Å². The van der Waals surface area contributed by atoms with Crippen LogP contribution in [0.1, 0.15) is 49.9 Å². The first-order valence-electron chi connectivity index (χ1n) is 8.63. The highest BCUT2D eigenvalue weighted by molar-refractivity contribution is 7.91. The van der Waals surface area contributed by atoms with Crippen LogP contribution in [0.15, 0.2) is 29.2 Å². The summed E-state index contributed by atoms with van der Waals surface area (Å²) in [5.74, 6) is -0.872. The van der Waals surface area contributed by atoms with Gasteiger partial charge in [-0.15, -0.1) is 0 Å². The number of amides is 1. The largest absolute Gasteiger partial charge is 0.452 e. The first kappa shape index (κ1) is 19.4. The number of benzene rings is 1. The Labute approximate surface area is 148 Å². The molecule has 0 bridgehead atoms. The normalized spacial score (nSPS) is 20.7. The van der Waals surface area contributed by atoms with Gasteiger partial charge >= 0.3 is 5.97 Å². The van der Waals surface area contributed by atoms with E-state index in [9.17, 15) is 18.0 Å². The molecule has 1 aromatic rings. The van der Waals surface area contributed by atoms with Crippen molar-refractivity contribution < 1.29 is 22.7 Å². The van der Waals surface area contributed by atoms with Crippen molar-refractivity contribution in [2.45, 2.75) is 50.5 Å². The molecule has 0 unspecified atom stereocenters. The standard InChI is InChI=1S/C18H25NO5S/c1-3-25(22,23)16-11-7-5-9-14(16)18(21)24-12-17(20)19-15-10-6-4-8-13(15)2/h5,7,9,11,13,15H,3-4,6,8,10,12H2,1-2H3,(H,19,20)/t13-,15-/m1/s1. The Bertz CT molecular complexity index is 729. The minimum atomic E-state index is -3.54. The summed E-state index contributed by atoms with van der Waals surface area (Å²) in [7, 11) is -3.54. The van der Waals surface area contributed by atoms with Gasteiger partial charge in [-0.1, -0.05) is 38.8 Å². The third kappa shape index (κ3) is 5.04. The van der Waals surface area contributed by atoms with Crippen LogP contribution >= 0.6 is 0 Å². The molecule has 1 aliphatic carbocycles. The summed E-state index contributed by atoms with van der Waals surface area (Å²) in [4.78, 5) is 24.2. The van der Waals surface area contributed by atoms with E-state index in [0.29, 0.717) is 5.92 Å². The highest BCUT2D eigenvalue weighted by Crippen LogP contribution is 2.23. The molecule has 1 amide bonds. The number of ether oxygens (including phenoxy) is 1. The molecule has 2 rings (SSSR count). The van der Waals surface area contributed by atoms with E-state index in [1.807, 2.05) is 0 Å². The number of nitrogens with one attached hydrogen (secondary N) is 1. The molecule has 0 heterocycles. The molecule has 7 heteroatoms. The lowest BCUT2D eigenvalue weighted by atomic mass is 9.86. The smallest absolute Gasteiger partial charge is 0.339 e. The van der Waals surface area contributed by atoms with Gasteiger partial charge in [-0.05, 0) is 30.9 Å². The Morgan fingerprint density at radius 2 is 1.88 bits per heavy atom. The molecule has 0 aliphatic heterocycles. The molecule has 0 radical (unpaired) electrons. The van der Waals surface area contributed by atoms with Gasteiger partial charge in [0.2, 0.25) is 0 Å². The van der Waals surface area contributed by atoms with Crippen LogP contribution in [0.3, 0.4) is 0 Å². The molecule has 1 saturated carbocycles. The van der Waals surface area contributed by atoms with Crippen LogP contribution in [0.2, 0.25) is 0 Å². The van der Waals surface area contributed by atoms with Crippen molar-refractivity contribution in [3.63, 3.8) is 0 Å². The lowest BCUT2D eigenvalue weighted by molar-refractivity contribution is -0.125. The van der Waals surface area contributed by atoms with Crippen LogP contribution in [0.25, 0.3) is 0 Å². The highest BCUT2D eigenvalue weighted by atomic mass is 32.2. The van der Waals surface area contributed by atoms with E-state index in [1.54, 1.807) is 12.1 Å². The molecule has 138 valence electrons. The molecular formula is C18H25NO5S. The van der Waals surface area contributed by atoms with Crippen molar-refractivity contribution in [3.05, 3.63) is 29.8 Å². The fourth-order valence-electron chi connectivity index (χ4n) is 3.05. The zero-order chi connectivity index (χ0) is 18.4. The van der Waals surface area contributed by atoms with E-state index in [2.05, 4.69) is 12.2 Å². The number of esters is 1. The minimum absolute atomic E-state index is 0.0387. The van der Waals surface area contributed by atoms with E-state index in [-0.39, 0.29) is 28.2 Å². The van der Waals surface area contributed by atoms with Gasteiger partial charge in [-0.3, -0.25) is 4.79 Å². The zero-order valence-corrected chi connectivity index (χ0v) is 15.5. The number of sulfone groups is 1. The van der Waals surface area contributed by atoms with Gasteiger partial charge < -0.3 is 10.1 Å². The predicted molar refractivity (Wildman–Crippen MR) is 94.0 cm³/mol. The third-order valence-corrected chi connectivity index (χ3v) is 6.40. The molecular weight excluding hydrogens is 342 g/mol. The lowest BCUT2D eigenvalue weighted by Crippen LogP contribution is -2.42. The monoisotopic (exact) mass is 367 g/mol. The Balaban J connectivity index is 1.98. The van der Waals surface area contributed by atoms with Crippen LogP contribution in [0.4, 0.5) is 0 Å². The average molecular weight is 367 g/mol. The van der Waals surface area contributed by atoms with E-state index in [4.69, 9.17) is 4.74 Å². The Hall–Kier alpha value is -1.89. The highest BCUT2D eigenvalue weighted by Gasteiger charge is 2.25. The first-order valence-corrected chi connectivity index (χ1v) is 10.3. The Kier molecular flexibility index (Phi) is 6.58. The van der Waals surface area contributed by atoms with Crippen LogP contribution in [-0.4, -0.2) is 38.7 Å². The fourth-order valence-corrected chi connectivity index (χ4v) is 4.13. The Morgan fingerprint density at radius 3 is 2.56 bits per heavy atom. The molecule has 25 heavy (non-hydrogen) atoms. The van der Waals surface area contributed by atoms with Gasteiger partial charge in [0, 0.05) is 6.04 Å². The van der Waals surface area contributed by atoms with Crippen LogP contribution in [-0.2, 0) is 19.4 Å². The summed E-state index contributed by atoms with van der Waals surface area (Å²) in [6, 6.07) is 5.99. The molecule has 0 aromatic heterocycles. The Morgan fingerprint density at radius 1 is 1.20 bits per heavy atom. The maximum atomic E-state index is 12.2. The number of carbonyl (C=O) groups excluding carboxylic acids is 2. The van der Waals surface area contributed by atoms with Crippen LogP contribution in [0.5, 0.6) is 0 Å². The quantitative estimate of drug-likeness (QED) is 0.780. The molecule has 1 fully saturated rings. The van der Waals surface area contributed by atoms with E-state index >= 15 is 0 Å². The number of hydrogen-bond donors (Lipinski definition) is 1. The molecule has 1 aromatic carbocycles. The van der Waals surface area contributed by atoms with E-state index in [1.165, 1.54) is 25.5 Å². The summed E-state index contributed by atoms with van der Waals surface area (Å²) < 4.78 is 29.2. The molecule has 2 atom stereocenters. The number of hydrogen-bond acceptors (Lipinski definition) is 5. The van der Waals surface area contributed by atoms with Crippen molar-refractivity contribution in [2.24, 2.45) is 5.92 Å². The molecule has 1 N–H and O–H groups in total. The van der Waals surface area contributed by atoms with Crippen molar-refractivity contribution >= 4 is 21.7 Å². The summed E-state index contributed by atoms with van der Waals surface area (Å²) in [5.41, 5.74) is -0.0387. The maximum absolute atomic E-state index is 12.2. The summed E-state index contributed by atoms with van der Waals surface area (Å²) in [6.45, 7) is 3.20. The molecule has 0 spiro atoms. The fraction of sp³-hybridized carbons (Fsp3) is 0.556. The summed E-state index contributed by atoms with van der Waals surface area (Å²) in [6.07, 6.45) is 4.26. The third-order valence-electron chi connectivity index (χ3n) is 4.61. The first-order chi connectivity index (χ1) is 11.8.